The summed E-state index contributed by atoms with van der Waals surface area (Å²) in [6.45, 7) is 3.89. The number of anilines is 2. The van der Waals surface area contributed by atoms with Gasteiger partial charge in [0.25, 0.3) is 11.7 Å². The van der Waals surface area contributed by atoms with E-state index in [2.05, 4.69) is 25.7 Å². The molecule has 2 aliphatic rings. The van der Waals surface area contributed by atoms with Gasteiger partial charge in [-0.05, 0) is 42.8 Å². The van der Waals surface area contributed by atoms with Crippen LogP contribution >= 0.6 is 63.1 Å². The van der Waals surface area contributed by atoms with Crippen molar-refractivity contribution in [1.29, 1.82) is 0 Å². The summed E-state index contributed by atoms with van der Waals surface area (Å²) in [5, 5.41) is 1.12. The number of nitrogens with zero attached hydrogens (tertiary/aromatic N) is 3. The van der Waals surface area contributed by atoms with Gasteiger partial charge in [-0.1, -0.05) is 63.1 Å². The maximum absolute atomic E-state index is 12.3. The lowest BCUT2D eigenvalue weighted by atomic mass is 10.1. The predicted octanol–water partition coefficient (Wildman–Crippen LogP) is 5.52. The Morgan fingerprint density at radius 3 is 2.50 bits per heavy atom. The average Bonchev–Trinajstić information content (AvgIpc) is 3.02. The summed E-state index contributed by atoms with van der Waals surface area (Å²) in [6, 6.07) is 11.1. The molecule has 1 amide bonds. The number of piperazine rings is 1. The highest BCUT2D eigenvalue weighted by Gasteiger charge is 2.35. The quantitative estimate of drug-likeness (QED) is 0.267. The van der Waals surface area contributed by atoms with Crippen molar-refractivity contribution in [2.75, 3.05) is 48.3 Å². The van der Waals surface area contributed by atoms with Crippen LogP contribution in [0.4, 0.5) is 11.4 Å². The van der Waals surface area contributed by atoms with Crippen LogP contribution in [-0.2, 0) is 4.79 Å². The van der Waals surface area contributed by atoms with Crippen LogP contribution in [0.1, 0.15) is 16.8 Å². The zero-order valence-corrected chi connectivity index (χ0v) is 21.8. The first-order valence-corrected chi connectivity index (χ1v) is 13.1. The van der Waals surface area contributed by atoms with Crippen LogP contribution in [0.2, 0.25) is 10.0 Å². The van der Waals surface area contributed by atoms with E-state index < -0.39 is 11.7 Å². The highest BCUT2D eigenvalue weighted by molar-refractivity contribution is 9.10. The summed E-state index contributed by atoms with van der Waals surface area (Å²) < 4.78 is 1.66. The van der Waals surface area contributed by atoms with Crippen molar-refractivity contribution >= 4 is 90.5 Å². The van der Waals surface area contributed by atoms with Crippen molar-refractivity contribution < 1.29 is 9.59 Å². The zero-order valence-electron chi connectivity index (χ0n) is 17.0. The molecule has 0 radical (unpaired) electrons. The SMILES string of the molecule is O=C1C(=O)N(CCCSC(=S)N2CCN(c3ccc(Cl)c(Cl)c3)CC2)c2ccc(Br)cc21. The second kappa shape index (κ2) is 10.3. The van der Waals surface area contributed by atoms with Crippen molar-refractivity contribution in [1.82, 2.24) is 4.90 Å². The van der Waals surface area contributed by atoms with Gasteiger partial charge in [0.1, 0.15) is 4.32 Å². The fourth-order valence-electron chi connectivity index (χ4n) is 3.80. The molecule has 0 atom stereocenters. The lowest BCUT2D eigenvalue weighted by Crippen LogP contribution is -2.47. The maximum Gasteiger partial charge on any atom is 0.299 e. The Balaban J connectivity index is 1.23. The third-order valence-corrected chi connectivity index (χ3v) is 8.33. The molecule has 2 heterocycles. The van der Waals surface area contributed by atoms with E-state index in [1.54, 1.807) is 22.7 Å². The Morgan fingerprint density at radius 1 is 1.03 bits per heavy atom. The van der Waals surface area contributed by atoms with E-state index in [0.717, 1.165) is 52.8 Å². The first-order valence-electron chi connectivity index (χ1n) is 10.1. The van der Waals surface area contributed by atoms with Gasteiger partial charge in [-0.25, -0.2) is 0 Å². The molecule has 0 aliphatic carbocycles. The zero-order chi connectivity index (χ0) is 22.8. The van der Waals surface area contributed by atoms with Crippen LogP contribution in [0.15, 0.2) is 40.9 Å². The fourth-order valence-corrected chi connectivity index (χ4v) is 5.70. The topological polar surface area (TPSA) is 43.9 Å². The number of fused-ring (bicyclic) bond motifs is 1. The van der Waals surface area contributed by atoms with E-state index >= 15 is 0 Å². The van der Waals surface area contributed by atoms with Gasteiger partial charge in [0, 0.05) is 48.6 Å². The number of amides is 1. The number of thiocarbonyl (C=S) groups is 1. The second-order valence-corrected chi connectivity index (χ2v) is 10.9. The molecular weight excluding hydrogens is 553 g/mol. The molecule has 32 heavy (non-hydrogen) atoms. The minimum Gasteiger partial charge on any atom is -0.368 e. The molecule has 0 saturated carbocycles. The van der Waals surface area contributed by atoms with Gasteiger partial charge in [0.05, 0.1) is 21.3 Å². The van der Waals surface area contributed by atoms with E-state index in [9.17, 15) is 9.59 Å². The molecule has 0 unspecified atom stereocenters. The molecule has 2 aromatic rings. The number of benzene rings is 2. The normalized spacial score (nSPS) is 16.0. The standard InChI is InChI=1S/C22H20BrCl2N3O2S2/c23-14-2-5-19-16(12-14)20(29)21(30)28(19)6-1-11-32-22(31)27-9-7-26(8-10-27)15-3-4-17(24)18(25)13-15/h2-5,12-13H,1,6-11H2. The molecule has 0 aromatic heterocycles. The highest BCUT2D eigenvalue weighted by atomic mass is 79.9. The van der Waals surface area contributed by atoms with Crippen molar-refractivity contribution in [3.8, 4) is 0 Å². The number of rotatable bonds is 5. The summed E-state index contributed by atoms with van der Waals surface area (Å²) in [6.07, 6.45) is 0.753. The number of halogens is 3. The molecule has 5 nitrogen and oxygen atoms in total. The van der Waals surface area contributed by atoms with Crippen molar-refractivity contribution in [3.05, 3.63) is 56.5 Å². The van der Waals surface area contributed by atoms with Gasteiger partial charge < -0.3 is 14.7 Å². The van der Waals surface area contributed by atoms with Gasteiger partial charge in [-0.2, -0.15) is 0 Å². The van der Waals surface area contributed by atoms with Gasteiger partial charge in [-0.15, -0.1) is 0 Å². The molecule has 0 N–H and O–H groups in total. The number of carbonyl (C=O) groups excluding carboxylic acids is 2. The fraction of sp³-hybridized carbons (Fsp3) is 0.318. The van der Waals surface area contributed by atoms with Gasteiger partial charge in [0.15, 0.2) is 0 Å². The Bertz CT molecular complexity index is 1080. The number of hydrogen-bond acceptors (Lipinski definition) is 5. The Morgan fingerprint density at radius 2 is 1.78 bits per heavy atom. The largest absolute Gasteiger partial charge is 0.368 e. The van der Waals surface area contributed by atoms with E-state index in [0.29, 0.717) is 27.8 Å². The van der Waals surface area contributed by atoms with Crippen molar-refractivity contribution in [2.45, 2.75) is 6.42 Å². The van der Waals surface area contributed by atoms with Gasteiger partial charge in [-0.3, -0.25) is 9.59 Å². The number of thioether (sulfide) groups is 1. The number of Topliss-reactive ketones (excluding diaryl/α,β-unsaturated/α-hetero) is 1. The molecule has 1 saturated heterocycles. The van der Waals surface area contributed by atoms with E-state index in [4.69, 9.17) is 35.4 Å². The molecule has 10 heteroatoms. The number of carbonyl (C=O) groups is 2. The monoisotopic (exact) mass is 571 g/mol. The molecule has 2 aliphatic heterocycles. The van der Waals surface area contributed by atoms with E-state index in [1.807, 2.05) is 30.3 Å². The Labute approximate surface area is 215 Å². The molecule has 0 spiro atoms. The van der Waals surface area contributed by atoms with Crippen LogP contribution in [0.5, 0.6) is 0 Å². The number of ketones is 1. The minimum absolute atomic E-state index is 0.440. The molecule has 0 bridgehead atoms. The first kappa shape index (κ1) is 23.8. The van der Waals surface area contributed by atoms with E-state index in [-0.39, 0.29) is 0 Å². The van der Waals surface area contributed by atoms with Crippen LogP contribution in [-0.4, -0.2) is 59.4 Å². The van der Waals surface area contributed by atoms with Crippen LogP contribution in [0.3, 0.4) is 0 Å². The molecule has 2 aromatic carbocycles. The lowest BCUT2D eigenvalue weighted by Gasteiger charge is -2.37. The van der Waals surface area contributed by atoms with Crippen LogP contribution in [0, 0.1) is 0 Å². The summed E-state index contributed by atoms with van der Waals surface area (Å²) in [5.41, 5.74) is 2.22. The predicted molar refractivity (Wildman–Crippen MR) is 141 cm³/mol. The first-order chi connectivity index (χ1) is 15.3. The third kappa shape index (κ3) is 5.09. The maximum atomic E-state index is 12.3. The molecule has 1 fully saturated rings. The minimum atomic E-state index is -0.455. The average molecular weight is 573 g/mol. The summed E-state index contributed by atoms with van der Waals surface area (Å²) in [4.78, 5) is 30.6. The summed E-state index contributed by atoms with van der Waals surface area (Å²) in [5.74, 6) is -0.108. The lowest BCUT2D eigenvalue weighted by molar-refractivity contribution is -0.114. The molecule has 4 rings (SSSR count). The Hall–Kier alpha value is -1.32. The molecule has 168 valence electrons. The van der Waals surface area contributed by atoms with Gasteiger partial charge >= 0.3 is 0 Å². The van der Waals surface area contributed by atoms with Gasteiger partial charge in [0.2, 0.25) is 0 Å². The van der Waals surface area contributed by atoms with Crippen LogP contribution in [0.25, 0.3) is 0 Å². The second-order valence-electron chi connectivity index (χ2n) is 7.49. The Kier molecular flexibility index (Phi) is 7.67. The smallest absolute Gasteiger partial charge is 0.299 e. The van der Waals surface area contributed by atoms with Crippen molar-refractivity contribution in [2.24, 2.45) is 0 Å². The van der Waals surface area contributed by atoms with E-state index in [1.165, 1.54) is 0 Å². The summed E-state index contributed by atoms with van der Waals surface area (Å²) >= 11 is 22.8. The van der Waals surface area contributed by atoms with Crippen molar-refractivity contribution in [3.63, 3.8) is 0 Å². The molecular formula is C22H20BrCl2N3O2S2. The third-order valence-electron chi connectivity index (χ3n) is 5.49. The highest BCUT2D eigenvalue weighted by Crippen LogP contribution is 2.32. The van der Waals surface area contributed by atoms with Crippen LogP contribution < -0.4 is 9.80 Å². The summed E-state index contributed by atoms with van der Waals surface area (Å²) in [7, 11) is 0. The number of hydrogen-bond donors (Lipinski definition) is 0.